The number of carbonyl (C=O) groups excluding carboxylic acids is 4. The lowest BCUT2D eigenvalue weighted by molar-refractivity contribution is -0.243. The fourth-order valence-corrected chi connectivity index (χ4v) is 31.8. The second-order valence-corrected chi connectivity index (χ2v) is 45.1. The molecule has 15 aliphatic carbocycles. The first-order valence-electron chi connectivity index (χ1n) is 41.0. The Labute approximate surface area is 613 Å². The van der Waals surface area contributed by atoms with Crippen molar-refractivity contribution in [2.75, 3.05) is 0 Å². The largest absolute Gasteiger partial charge is 0.511 e. The lowest BCUT2D eigenvalue weighted by Crippen LogP contribution is -2.70. The Morgan fingerprint density at radius 1 is 0.422 bits per heavy atom. The van der Waals surface area contributed by atoms with Crippen LogP contribution in [0.15, 0.2) is 33.7 Å². The average molecular weight is 1400 g/mol. The molecule has 0 bridgehead atoms. The van der Waals surface area contributed by atoms with E-state index < -0.39 is 27.6 Å². The van der Waals surface area contributed by atoms with Crippen LogP contribution in [-0.4, -0.2) is 65.5 Å². The molecule has 12 fully saturated rings. The smallest absolute Gasteiger partial charge is 0.178 e. The van der Waals surface area contributed by atoms with Crippen LogP contribution in [-0.2, 0) is 31.0 Å². The molecule has 1 heterocycles. The summed E-state index contributed by atoms with van der Waals surface area (Å²) in [6, 6.07) is 4.51. The van der Waals surface area contributed by atoms with Gasteiger partial charge in [0.15, 0.2) is 5.78 Å². The molecule has 12 saturated carbocycles. The van der Waals surface area contributed by atoms with Gasteiger partial charge >= 0.3 is 0 Å². The first kappa shape index (κ1) is 74.9. The zero-order valence-electron chi connectivity index (χ0n) is 67.1. The Morgan fingerprint density at radius 3 is 1.19 bits per heavy atom. The maximum Gasteiger partial charge on any atom is 0.178 e. The number of nitriles is 2. The Morgan fingerprint density at radius 2 is 0.784 bits per heavy atom. The molecule has 15 aliphatic rings. The van der Waals surface area contributed by atoms with Crippen LogP contribution in [0.5, 0.6) is 0 Å². The molecule has 16 rings (SSSR count). The summed E-state index contributed by atoms with van der Waals surface area (Å²) in [7, 11) is 0. The second kappa shape index (κ2) is 22.6. The summed E-state index contributed by atoms with van der Waals surface area (Å²) in [6.45, 7) is 48.3. The fourth-order valence-electron chi connectivity index (χ4n) is 31.8. The minimum atomic E-state index is -0.715. The Hall–Kier alpha value is -3.97. The summed E-state index contributed by atoms with van der Waals surface area (Å²) in [4.78, 5) is 55.8. The van der Waals surface area contributed by atoms with E-state index in [1.807, 2.05) is 26.1 Å². The molecule has 12 nitrogen and oxygen atoms in total. The molecule has 0 saturated heterocycles. The lowest BCUT2D eigenvalue weighted by Gasteiger charge is -2.72. The van der Waals surface area contributed by atoms with Crippen molar-refractivity contribution in [3.63, 3.8) is 0 Å². The van der Waals surface area contributed by atoms with Crippen LogP contribution in [0.25, 0.3) is 0 Å². The minimum Gasteiger partial charge on any atom is -0.511 e. The average Bonchev–Trinajstić information content (AvgIpc) is 0.849. The predicted molar refractivity (Wildman–Crippen MR) is 396 cm³/mol. The van der Waals surface area contributed by atoms with Gasteiger partial charge in [-0.2, -0.15) is 10.5 Å². The third-order valence-electron chi connectivity index (χ3n) is 38.0. The molecule has 24 atom stereocenters. The molecule has 0 unspecified atom stereocenters. The van der Waals surface area contributed by atoms with Crippen molar-refractivity contribution >= 4 is 23.1 Å². The summed E-state index contributed by atoms with van der Waals surface area (Å²) < 4.78 is 5.80. The molecule has 4 N–H and O–H groups in total. The third-order valence-corrected chi connectivity index (χ3v) is 38.0. The van der Waals surface area contributed by atoms with Crippen molar-refractivity contribution in [3.05, 3.63) is 40.5 Å². The first-order valence-corrected chi connectivity index (χ1v) is 41.0. The number of hydrogen-bond acceptors (Lipinski definition) is 12. The molecule has 102 heavy (non-hydrogen) atoms. The number of aromatic nitrogens is 1. The van der Waals surface area contributed by atoms with Crippen molar-refractivity contribution < 1.29 is 44.1 Å². The van der Waals surface area contributed by atoms with Crippen molar-refractivity contribution in [1.82, 2.24) is 5.16 Å². The van der Waals surface area contributed by atoms with E-state index >= 15 is 0 Å². The first-order chi connectivity index (χ1) is 46.8. The van der Waals surface area contributed by atoms with Crippen molar-refractivity contribution in [3.8, 4) is 12.1 Å². The van der Waals surface area contributed by atoms with Gasteiger partial charge in [0.25, 0.3) is 0 Å². The van der Waals surface area contributed by atoms with Crippen LogP contribution >= 0.6 is 0 Å². The predicted octanol–water partition coefficient (Wildman–Crippen LogP) is 19.3. The molecule has 0 amide bonds. The summed E-state index contributed by atoms with van der Waals surface area (Å²) >= 11 is 0. The lowest BCUT2D eigenvalue weighted by atomic mass is 9.32. The van der Waals surface area contributed by atoms with E-state index in [9.17, 15) is 50.1 Å². The van der Waals surface area contributed by atoms with E-state index in [1.165, 1.54) is 18.4 Å². The topological polar surface area (TPSA) is 223 Å². The van der Waals surface area contributed by atoms with Crippen LogP contribution in [0.2, 0.25) is 0 Å². The van der Waals surface area contributed by atoms with Crippen LogP contribution < -0.4 is 0 Å². The highest BCUT2D eigenvalue weighted by Crippen LogP contribution is 2.80. The third kappa shape index (κ3) is 9.83. The number of hydrogen-bond donors (Lipinski definition) is 4. The minimum absolute atomic E-state index is 0.00465. The second-order valence-electron chi connectivity index (χ2n) is 45.1. The number of aliphatic hydroxyl groups excluding tert-OH is 1. The highest BCUT2D eigenvalue weighted by Gasteiger charge is 2.77. The maximum atomic E-state index is 14.3. The number of allylic oxidation sites excluding steroid dienone is 4. The van der Waals surface area contributed by atoms with E-state index in [0.29, 0.717) is 60.4 Å². The van der Waals surface area contributed by atoms with E-state index in [-0.39, 0.29) is 147 Å². The van der Waals surface area contributed by atoms with Gasteiger partial charge in [-0.25, -0.2) is 0 Å². The van der Waals surface area contributed by atoms with Crippen LogP contribution in [0, 0.1) is 169 Å². The molecule has 562 valence electrons. The van der Waals surface area contributed by atoms with Gasteiger partial charge in [0, 0.05) is 58.8 Å². The number of ketones is 4. The van der Waals surface area contributed by atoms with Gasteiger partial charge in [-0.15, -0.1) is 0 Å². The number of Topliss-reactive ketones (excluding diaryl/α,β-unsaturated/α-hetero) is 4. The van der Waals surface area contributed by atoms with Gasteiger partial charge in [-0.05, 0) is 266 Å². The number of nitrogens with zero attached hydrogens (tertiary/aromatic N) is 3. The van der Waals surface area contributed by atoms with Crippen molar-refractivity contribution in [1.29, 1.82) is 10.5 Å². The summed E-state index contributed by atoms with van der Waals surface area (Å²) in [5.74, 6) is 3.90. The van der Waals surface area contributed by atoms with Gasteiger partial charge in [0.05, 0.1) is 40.2 Å². The SMILES string of the molecule is CC1(C)CC[C@]2(O)CC[C@]3(C)[C@H](C(=O)C[C@@H]4[C@@]5(C)C=C(C#N)C(=O)C(C)(C)[C@@H]5CC[C@]43C)[C@@H]2C1.CC1(C)CC[C@]2(O)CC[C@]3(C)[C@H](C(=O)C[C@@H]4[C@@]5(C)CC(C#N)=C(O)C(C)(C)[C@@H]5CC[C@]43C)[C@@H]2C1.CC1(C)CC[C@]2(O)CC[C@]3(C)[C@H](C(=O)C[C@@H]4[C@@]5(C)Cc6cnoc6C(C)(C)[C@@H]5CC[C@]43C)[C@@H]2C1. The van der Waals surface area contributed by atoms with E-state index in [0.717, 1.165) is 134 Å². The van der Waals surface area contributed by atoms with Gasteiger partial charge in [-0.1, -0.05) is 157 Å². The quantitative estimate of drug-likeness (QED) is 0.190. The van der Waals surface area contributed by atoms with E-state index in [1.54, 1.807) is 0 Å². The maximum absolute atomic E-state index is 14.3. The van der Waals surface area contributed by atoms with Gasteiger partial charge < -0.3 is 24.9 Å². The Balaban J connectivity index is 0.000000130. The fraction of sp³-hybridized carbons (Fsp3) is 0.856. The Kier molecular flexibility index (Phi) is 16.6. The molecule has 0 spiro atoms. The van der Waals surface area contributed by atoms with Gasteiger partial charge in [0.2, 0.25) is 0 Å². The standard InChI is InChI=1S/2C30H45NO3.C30H43NO3/c1-25(2)10-12-30(33)13-11-29(7)23(19(30)16-25)20(32)14-22-27(5)15-18-17-31-34-24(18)26(3,4)21(27)8-9-28(22,29)6;2*1-25(2)10-12-30(34)13-11-29(7)23(19(30)16-25)20(32)14-22-27(5)15-18(17-31)24(33)26(3,4)21(27)8-9-28(22,29)6/h17,19,21-23,33H,8-16H2,1-7H3;19,21-23,33-34H,8-16H2,1-7H3;15,19,21-23,34H,8-14,16H2,1-7H3/t3*19-,21-,22+,23-,27-,28+,29+,30-/m000/s1. The van der Waals surface area contributed by atoms with E-state index in [4.69, 9.17) is 4.52 Å². The zero-order valence-corrected chi connectivity index (χ0v) is 67.1. The monoisotopic (exact) mass is 1400 g/mol. The highest BCUT2D eigenvalue weighted by atomic mass is 16.5. The highest BCUT2D eigenvalue weighted by molar-refractivity contribution is 6.04. The Bertz CT molecular complexity index is 3850. The molecule has 0 radical (unpaired) electrons. The molecule has 0 aliphatic heterocycles. The summed E-state index contributed by atoms with van der Waals surface area (Å²) in [5.41, 5.74) is -1.52. The number of aliphatic hydroxyl groups is 4. The normalized spacial score (nSPS) is 51.2. The van der Waals surface area contributed by atoms with Gasteiger partial charge in [0.1, 0.15) is 34.9 Å². The number of carbonyl (C=O) groups is 4. The summed E-state index contributed by atoms with van der Waals surface area (Å²) in [5, 5.41) is 70.2. The van der Waals surface area contributed by atoms with Crippen LogP contribution in [0.1, 0.15) is 317 Å². The molecular formula is C90H133N3O9. The van der Waals surface area contributed by atoms with Crippen molar-refractivity contribution in [2.24, 2.45) is 147 Å². The van der Waals surface area contributed by atoms with Crippen molar-refractivity contribution in [2.45, 2.75) is 335 Å². The van der Waals surface area contributed by atoms with Crippen LogP contribution in [0.4, 0.5) is 0 Å². The molecular weight excluding hydrogens is 1270 g/mol. The number of fused-ring (bicyclic) bond motifs is 22. The van der Waals surface area contributed by atoms with E-state index in [2.05, 4.69) is 149 Å². The molecule has 0 aromatic carbocycles. The van der Waals surface area contributed by atoms with Gasteiger partial charge in [-0.3, -0.25) is 19.2 Å². The molecule has 12 heteroatoms. The molecule has 1 aromatic heterocycles. The zero-order chi connectivity index (χ0) is 74.8. The van der Waals surface area contributed by atoms with Crippen LogP contribution in [0.3, 0.4) is 0 Å². The summed E-state index contributed by atoms with van der Waals surface area (Å²) in [6.07, 6.45) is 27.1. The number of rotatable bonds is 0. The molecule has 1 aromatic rings.